The number of rotatable bonds is 6. The van der Waals surface area contributed by atoms with Crippen molar-refractivity contribution in [3.8, 4) is 5.75 Å². The Morgan fingerprint density at radius 2 is 2.03 bits per heavy atom. The van der Waals surface area contributed by atoms with E-state index in [1.165, 1.54) is 28.8 Å². The molecule has 0 atom stereocenters. The van der Waals surface area contributed by atoms with E-state index in [1.54, 1.807) is 13.1 Å². The Morgan fingerprint density at radius 1 is 1.27 bits per heavy atom. The second-order valence-corrected chi connectivity index (χ2v) is 8.71. The molecule has 0 aromatic heterocycles. The van der Waals surface area contributed by atoms with Crippen molar-refractivity contribution in [2.75, 3.05) is 47.3 Å². The average molecular weight is 522 g/mol. The van der Waals surface area contributed by atoms with Gasteiger partial charge < -0.3 is 14.5 Å². The molecule has 2 aliphatic heterocycles. The van der Waals surface area contributed by atoms with Gasteiger partial charge in [-0.1, -0.05) is 0 Å². The maximum absolute atomic E-state index is 13.8. The summed E-state index contributed by atoms with van der Waals surface area (Å²) < 4.78 is 19.3. The average Bonchev–Trinajstić information content (AvgIpc) is 3.10. The van der Waals surface area contributed by atoms with Crippen molar-refractivity contribution < 1.29 is 18.7 Å². The first-order valence-corrected chi connectivity index (χ1v) is 11.1. The number of benzene rings is 1. The molecule has 1 saturated heterocycles. The highest BCUT2D eigenvalue weighted by molar-refractivity contribution is 8.18. The molecular weight excluding hydrogens is 492 g/mol. The Kier molecular flexibility index (Phi) is 12.2. The van der Waals surface area contributed by atoms with Crippen LogP contribution in [0.2, 0.25) is 0 Å². The van der Waals surface area contributed by atoms with Crippen LogP contribution in [-0.2, 0) is 4.79 Å². The summed E-state index contributed by atoms with van der Waals surface area (Å²) in [6.45, 7) is 2.97. The number of nitrogens with one attached hydrogen (secondary N) is 1. The summed E-state index contributed by atoms with van der Waals surface area (Å²) in [6.07, 6.45) is 3.90. The van der Waals surface area contributed by atoms with E-state index in [1.807, 2.05) is 24.0 Å². The van der Waals surface area contributed by atoms with Gasteiger partial charge in [-0.3, -0.25) is 9.80 Å². The first kappa shape index (κ1) is 29.2. The Labute approximate surface area is 210 Å². The highest BCUT2D eigenvalue weighted by atomic mass is 35.5. The van der Waals surface area contributed by atoms with Gasteiger partial charge in [0.15, 0.2) is 5.17 Å². The zero-order valence-electron chi connectivity index (χ0n) is 18.9. The fraction of sp³-hybridized carbons (Fsp3) is 0.476. The number of amidine groups is 1. The molecule has 0 unspecified atom stereocenters. The molecule has 12 heteroatoms. The predicted octanol–water partition coefficient (Wildman–Crippen LogP) is 3.62. The number of hydrazine groups is 1. The van der Waals surface area contributed by atoms with Crippen LogP contribution in [0.3, 0.4) is 0 Å². The smallest absolute Gasteiger partial charge is 0.409 e. The second-order valence-electron chi connectivity index (χ2n) is 7.71. The molecule has 0 bridgehead atoms. The first-order valence-electron chi connectivity index (χ1n) is 10.2. The number of amides is 2. The van der Waals surface area contributed by atoms with Crippen molar-refractivity contribution in [3.63, 3.8) is 0 Å². The first-order chi connectivity index (χ1) is 14.8. The van der Waals surface area contributed by atoms with E-state index in [4.69, 9.17) is 4.74 Å². The molecule has 1 fully saturated rings. The van der Waals surface area contributed by atoms with Crippen LogP contribution in [0, 0.1) is 5.82 Å². The highest BCUT2D eigenvalue weighted by Crippen LogP contribution is 2.33. The van der Waals surface area contributed by atoms with Crippen LogP contribution < -0.4 is 10.2 Å². The summed E-state index contributed by atoms with van der Waals surface area (Å²) >= 11 is 1.25. The summed E-state index contributed by atoms with van der Waals surface area (Å²) in [5, 5.41) is 2.47. The molecule has 1 aromatic carbocycles. The van der Waals surface area contributed by atoms with Gasteiger partial charge in [0, 0.05) is 38.3 Å². The van der Waals surface area contributed by atoms with Gasteiger partial charge in [0.25, 0.3) is 5.91 Å². The Hall–Kier alpha value is -1.85. The predicted molar refractivity (Wildman–Crippen MR) is 135 cm³/mol. The molecule has 184 valence electrons. The van der Waals surface area contributed by atoms with Crippen LogP contribution in [0.25, 0.3) is 6.08 Å². The molecule has 1 aromatic rings. The number of carbonyl (C=O) groups is 2. The summed E-state index contributed by atoms with van der Waals surface area (Å²) in [6, 6.07) is 3.90. The van der Waals surface area contributed by atoms with Gasteiger partial charge in [0.05, 0.1) is 4.91 Å². The van der Waals surface area contributed by atoms with Crippen LogP contribution in [0.15, 0.2) is 28.1 Å². The van der Waals surface area contributed by atoms with Crippen molar-refractivity contribution in [1.82, 2.24) is 20.2 Å². The van der Waals surface area contributed by atoms with Crippen molar-refractivity contribution in [3.05, 3.63) is 34.5 Å². The normalized spacial score (nSPS) is 16.9. The van der Waals surface area contributed by atoms with Crippen molar-refractivity contribution in [1.29, 1.82) is 0 Å². The van der Waals surface area contributed by atoms with Gasteiger partial charge in [-0.25, -0.2) is 14.6 Å². The van der Waals surface area contributed by atoms with E-state index < -0.39 is 11.9 Å². The molecule has 2 amide bonds. The Morgan fingerprint density at radius 3 is 2.70 bits per heavy atom. The van der Waals surface area contributed by atoms with Gasteiger partial charge in [0.2, 0.25) is 0 Å². The monoisotopic (exact) mass is 521 g/mol. The lowest BCUT2D eigenvalue weighted by molar-refractivity contribution is -0.113. The molecule has 2 heterocycles. The van der Waals surface area contributed by atoms with Crippen LogP contribution >= 0.6 is 36.6 Å². The van der Waals surface area contributed by atoms with Crippen molar-refractivity contribution in [2.24, 2.45) is 4.99 Å². The van der Waals surface area contributed by atoms with E-state index >= 15 is 0 Å². The lowest BCUT2D eigenvalue weighted by Crippen LogP contribution is -2.45. The molecule has 1 N–H and O–H groups in total. The molecule has 0 radical (unpaired) electrons. The maximum atomic E-state index is 13.8. The maximum Gasteiger partial charge on any atom is 0.414 e. The Balaban J connectivity index is 0.00000272. The summed E-state index contributed by atoms with van der Waals surface area (Å²) in [4.78, 5) is 32.8. The third kappa shape index (κ3) is 8.46. The quantitative estimate of drug-likeness (QED) is 0.572. The zero-order valence-corrected chi connectivity index (χ0v) is 21.3. The van der Waals surface area contributed by atoms with Crippen LogP contribution in [0.4, 0.5) is 9.18 Å². The number of hydrogen-bond donors (Lipinski definition) is 1. The standard InChI is InChI=1S/C21H28FN5O3S.2ClH/c1-25(2)10-6-11-26(3)21(29)30-17-14-16(22)8-7-15(17)13-18-19(28)24-20(31-18)27-12-5-4-9-23-27;;/h7-8,13-14,23H,4-6,9-12H2,1-3H3;2*1H. The number of nitrogens with zero attached hydrogens (tertiary/aromatic N) is 4. The number of halogens is 3. The van der Waals surface area contributed by atoms with E-state index in [0.717, 1.165) is 45.0 Å². The van der Waals surface area contributed by atoms with Gasteiger partial charge >= 0.3 is 6.09 Å². The van der Waals surface area contributed by atoms with E-state index in [-0.39, 0.29) is 36.5 Å². The molecule has 2 aliphatic rings. The number of carbonyl (C=O) groups excluding carboxylic acids is 2. The number of hydrogen-bond acceptors (Lipinski definition) is 7. The molecular formula is C21H30Cl2FN5O3S. The Bertz CT molecular complexity index is 895. The third-order valence-electron chi connectivity index (χ3n) is 4.82. The lowest BCUT2D eigenvalue weighted by atomic mass is 10.2. The van der Waals surface area contributed by atoms with Crippen LogP contribution in [-0.4, -0.2) is 79.3 Å². The molecule has 33 heavy (non-hydrogen) atoms. The molecule has 8 nitrogen and oxygen atoms in total. The minimum absolute atomic E-state index is 0. The van der Waals surface area contributed by atoms with E-state index in [0.29, 0.717) is 22.2 Å². The second kappa shape index (κ2) is 13.8. The minimum Gasteiger partial charge on any atom is -0.409 e. The largest absolute Gasteiger partial charge is 0.414 e. The van der Waals surface area contributed by atoms with Gasteiger partial charge in [0.1, 0.15) is 11.6 Å². The number of thioether (sulfide) groups is 1. The lowest BCUT2D eigenvalue weighted by Gasteiger charge is -2.28. The summed E-state index contributed by atoms with van der Waals surface area (Å²) in [5.41, 5.74) is 3.66. The fourth-order valence-corrected chi connectivity index (χ4v) is 4.02. The van der Waals surface area contributed by atoms with Gasteiger partial charge in [-0.2, -0.15) is 4.99 Å². The fourth-order valence-electron chi connectivity index (χ4n) is 3.11. The third-order valence-corrected chi connectivity index (χ3v) is 5.83. The molecule has 0 spiro atoms. The number of ether oxygens (including phenoxy) is 1. The summed E-state index contributed by atoms with van der Waals surface area (Å²) in [7, 11) is 5.56. The van der Waals surface area contributed by atoms with Crippen molar-refractivity contribution >= 4 is 59.8 Å². The SMILES string of the molecule is CN(C)CCCN(C)C(=O)Oc1cc(F)ccc1C=C1SC(N2CCCCN2)=NC1=O.Cl.Cl. The molecule has 3 rings (SSSR count). The molecule has 0 saturated carbocycles. The van der Waals surface area contributed by atoms with Crippen LogP contribution in [0.1, 0.15) is 24.8 Å². The zero-order chi connectivity index (χ0) is 22.4. The van der Waals surface area contributed by atoms with E-state index in [2.05, 4.69) is 10.4 Å². The minimum atomic E-state index is -0.580. The number of aliphatic imine (C=N–C) groups is 1. The summed E-state index contributed by atoms with van der Waals surface area (Å²) in [5.74, 6) is -0.829. The van der Waals surface area contributed by atoms with Gasteiger partial charge in [-0.15, -0.1) is 24.8 Å². The van der Waals surface area contributed by atoms with Crippen LogP contribution in [0.5, 0.6) is 5.75 Å². The van der Waals surface area contributed by atoms with Crippen molar-refractivity contribution in [2.45, 2.75) is 19.3 Å². The van der Waals surface area contributed by atoms with Gasteiger partial charge in [-0.05, 0) is 69.9 Å². The molecule has 0 aliphatic carbocycles. The highest BCUT2D eigenvalue weighted by Gasteiger charge is 2.27. The van der Waals surface area contributed by atoms with E-state index in [9.17, 15) is 14.0 Å². The topological polar surface area (TPSA) is 77.5 Å².